The number of oxazole rings is 1. The molecule has 1 amide bonds. The summed E-state index contributed by atoms with van der Waals surface area (Å²) in [5, 5.41) is 0. The molecule has 0 spiro atoms. The lowest BCUT2D eigenvalue weighted by molar-refractivity contribution is -0.137. The van der Waals surface area contributed by atoms with Crippen LogP contribution in [0.1, 0.15) is 42.5 Å². The highest BCUT2D eigenvalue weighted by molar-refractivity contribution is 5.78. The Bertz CT molecular complexity index is 1040. The minimum Gasteiger partial charge on any atom is -0.497 e. The van der Waals surface area contributed by atoms with Crippen molar-refractivity contribution in [3.63, 3.8) is 0 Å². The van der Waals surface area contributed by atoms with E-state index in [1.165, 1.54) is 12.1 Å². The van der Waals surface area contributed by atoms with Crippen LogP contribution >= 0.6 is 0 Å². The van der Waals surface area contributed by atoms with Gasteiger partial charge in [-0.3, -0.25) is 4.79 Å². The Morgan fingerprint density at radius 2 is 2.10 bits per heavy atom. The fraction of sp³-hybridized carbons (Fsp3) is 0.333. The molecule has 0 aliphatic carbocycles. The summed E-state index contributed by atoms with van der Waals surface area (Å²) in [6.45, 7) is 0.368. The summed E-state index contributed by atoms with van der Waals surface area (Å²) < 4.78 is 30.5. The summed E-state index contributed by atoms with van der Waals surface area (Å²) in [6.07, 6.45) is 4.95. The fourth-order valence-electron chi connectivity index (χ4n) is 3.81. The number of para-hydroxylation sites is 1. The van der Waals surface area contributed by atoms with Gasteiger partial charge in [0.1, 0.15) is 17.6 Å². The van der Waals surface area contributed by atoms with Gasteiger partial charge in [0.25, 0.3) is 5.91 Å². The summed E-state index contributed by atoms with van der Waals surface area (Å²) in [5.74, 6) is 1.42. The number of carbonyl (C=O) groups excluding carboxylic acids is 1. The van der Waals surface area contributed by atoms with Crippen molar-refractivity contribution in [1.82, 2.24) is 9.88 Å². The van der Waals surface area contributed by atoms with Crippen molar-refractivity contribution in [3.8, 4) is 11.5 Å². The van der Waals surface area contributed by atoms with Crippen LogP contribution in [-0.2, 0) is 11.2 Å². The molecule has 1 atom stereocenters. The minimum absolute atomic E-state index is 0.0705. The number of benzene rings is 2. The molecular formula is C24H25FN2O4. The van der Waals surface area contributed by atoms with Gasteiger partial charge in [-0.05, 0) is 49.1 Å². The van der Waals surface area contributed by atoms with Crippen molar-refractivity contribution in [2.45, 2.75) is 31.7 Å². The summed E-state index contributed by atoms with van der Waals surface area (Å²) in [5.41, 5.74) is 1.05. The van der Waals surface area contributed by atoms with Gasteiger partial charge in [-0.25, -0.2) is 9.37 Å². The largest absolute Gasteiger partial charge is 0.497 e. The molecule has 0 saturated carbocycles. The first-order chi connectivity index (χ1) is 15.1. The zero-order valence-corrected chi connectivity index (χ0v) is 17.4. The van der Waals surface area contributed by atoms with Crippen LogP contribution in [-0.4, -0.2) is 36.1 Å². The zero-order valence-electron chi connectivity index (χ0n) is 17.4. The van der Waals surface area contributed by atoms with E-state index in [0.717, 1.165) is 36.3 Å². The third-order valence-corrected chi connectivity index (χ3v) is 5.38. The van der Waals surface area contributed by atoms with Gasteiger partial charge in [-0.15, -0.1) is 0 Å². The topological polar surface area (TPSA) is 64.8 Å². The Morgan fingerprint density at radius 3 is 2.94 bits per heavy atom. The molecule has 162 valence electrons. The van der Waals surface area contributed by atoms with E-state index in [1.54, 1.807) is 30.3 Å². The van der Waals surface area contributed by atoms with E-state index in [1.807, 2.05) is 24.3 Å². The average Bonchev–Trinajstić information content (AvgIpc) is 3.26. The Hall–Kier alpha value is -3.35. The number of carbonyl (C=O) groups is 1. The Kier molecular flexibility index (Phi) is 6.50. The molecule has 1 saturated heterocycles. The van der Waals surface area contributed by atoms with E-state index in [0.29, 0.717) is 18.9 Å². The van der Waals surface area contributed by atoms with Crippen LogP contribution < -0.4 is 9.47 Å². The van der Waals surface area contributed by atoms with Crippen molar-refractivity contribution >= 4 is 5.91 Å². The van der Waals surface area contributed by atoms with Gasteiger partial charge in [0, 0.05) is 13.0 Å². The van der Waals surface area contributed by atoms with Crippen molar-refractivity contribution in [2.75, 3.05) is 20.3 Å². The van der Waals surface area contributed by atoms with Crippen molar-refractivity contribution < 1.29 is 23.1 Å². The summed E-state index contributed by atoms with van der Waals surface area (Å²) in [7, 11) is 1.64. The average molecular weight is 424 g/mol. The third-order valence-electron chi connectivity index (χ3n) is 5.38. The number of amides is 1. The summed E-state index contributed by atoms with van der Waals surface area (Å²) >= 11 is 0. The van der Waals surface area contributed by atoms with E-state index < -0.39 is 5.82 Å². The molecule has 4 rings (SSSR count). The van der Waals surface area contributed by atoms with E-state index in [9.17, 15) is 9.18 Å². The summed E-state index contributed by atoms with van der Waals surface area (Å²) in [6, 6.07) is 13.6. The molecule has 31 heavy (non-hydrogen) atoms. The Labute approximate surface area is 180 Å². The van der Waals surface area contributed by atoms with Gasteiger partial charge < -0.3 is 18.8 Å². The summed E-state index contributed by atoms with van der Waals surface area (Å²) in [4.78, 5) is 19.0. The Morgan fingerprint density at radius 1 is 1.23 bits per heavy atom. The first kappa shape index (κ1) is 20.9. The smallest absolute Gasteiger partial charge is 0.261 e. The maximum atomic E-state index is 13.8. The van der Waals surface area contributed by atoms with E-state index in [2.05, 4.69) is 4.98 Å². The molecule has 1 unspecified atom stereocenters. The molecular weight excluding hydrogens is 399 g/mol. The predicted molar refractivity (Wildman–Crippen MR) is 113 cm³/mol. The molecule has 1 aromatic heterocycles. The molecule has 0 radical (unpaired) electrons. The molecule has 6 nitrogen and oxygen atoms in total. The standard InChI is InChI=1S/C24H25FN2O4/c1-29-18-8-6-7-17(13-18)14-19-15-26-24(31-19)21-10-4-5-12-27(21)23(28)16-30-22-11-3-2-9-20(22)25/h2-3,6-9,11,13,15,21H,4-5,10,12,14,16H2,1H3. The lowest BCUT2D eigenvalue weighted by Gasteiger charge is -2.33. The molecule has 7 heteroatoms. The molecule has 0 bridgehead atoms. The van der Waals surface area contributed by atoms with Crippen LogP contribution in [0.2, 0.25) is 0 Å². The van der Waals surface area contributed by atoms with Crippen molar-refractivity contribution in [2.24, 2.45) is 0 Å². The van der Waals surface area contributed by atoms with Crippen LogP contribution in [0, 0.1) is 5.82 Å². The maximum absolute atomic E-state index is 13.8. The number of aromatic nitrogens is 1. The predicted octanol–water partition coefficient (Wildman–Crippen LogP) is 4.55. The maximum Gasteiger partial charge on any atom is 0.261 e. The number of methoxy groups -OCH3 is 1. The molecule has 0 N–H and O–H groups in total. The number of ether oxygens (including phenoxy) is 2. The second-order valence-electron chi connectivity index (χ2n) is 7.51. The second-order valence-corrected chi connectivity index (χ2v) is 7.51. The SMILES string of the molecule is COc1cccc(Cc2cnc(C3CCCCN3C(=O)COc3ccccc3F)o2)c1. The molecule has 1 aliphatic heterocycles. The highest BCUT2D eigenvalue weighted by atomic mass is 19.1. The minimum atomic E-state index is -0.486. The molecule has 2 aromatic carbocycles. The van der Waals surface area contributed by atoms with Crippen molar-refractivity contribution in [3.05, 3.63) is 77.8 Å². The van der Waals surface area contributed by atoms with Crippen molar-refractivity contribution in [1.29, 1.82) is 0 Å². The lowest BCUT2D eigenvalue weighted by atomic mass is 10.0. The van der Waals surface area contributed by atoms with Crippen LogP contribution in [0.3, 0.4) is 0 Å². The number of halogens is 1. The second kappa shape index (κ2) is 9.64. The van der Waals surface area contributed by atoms with Gasteiger partial charge in [-0.2, -0.15) is 0 Å². The van der Waals surface area contributed by atoms with Crippen LogP contribution in [0.15, 0.2) is 59.1 Å². The van der Waals surface area contributed by atoms with Crippen LogP contribution in [0.5, 0.6) is 11.5 Å². The van der Waals surface area contributed by atoms with Gasteiger partial charge in [-0.1, -0.05) is 24.3 Å². The van der Waals surface area contributed by atoms with E-state index in [-0.39, 0.29) is 24.3 Å². The number of hydrogen-bond acceptors (Lipinski definition) is 5. The first-order valence-corrected chi connectivity index (χ1v) is 10.4. The Balaban J connectivity index is 1.43. The number of piperidine rings is 1. The normalized spacial score (nSPS) is 16.2. The number of nitrogens with zero attached hydrogens (tertiary/aromatic N) is 2. The number of likely N-dealkylation sites (tertiary alicyclic amines) is 1. The quantitative estimate of drug-likeness (QED) is 0.557. The highest BCUT2D eigenvalue weighted by Gasteiger charge is 2.31. The van der Waals surface area contributed by atoms with Crippen LogP contribution in [0.4, 0.5) is 4.39 Å². The molecule has 1 aliphatic rings. The first-order valence-electron chi connectivity index (χ1n) is 10.4. The third kappa shape index (κ3) is 5.05. The van der Waals surface area contributed by atoms with E-state index in [4.69, 9.17) is 13.9 Å². The number of rotatable bonds is 7. The van der Waals surface area contributed by atoms with Gasteiger partial charge >= 0.3 is 0 Å². The monoisotopic (exact) mass is 424 g/mol. The molecule has 1 fully saturated rings. The molecule has 2 heterocycles. The van der Waals surface area contributed by atoms with Gasteiger partial charge in [0.15, 0.2) is 18.2 Å². The van der Waals surface area contributed by atoms with Gasteiger partial charge in [0.2, 0.25) is 5.89 Å². The number of hydrogen-bond donors (Lipinski definition) is 0. The van der Waals surface area contributed by atoms with E-state index >= 15 is 0 Å². The fourth-order valence-corrected chi connectivity index (χ4v) is 3.81. The van der Waals surface area contributed by atoms with Crippen LogP contribution in [0.25, 0.3) is 0 Å². The van der Waals surface area contributed by atoms with Gasteiger partial charge in [0.05, 0.1) is 13.3 Å². The highest BCUT2D eigenvalue weighted by Crippen LogP contribution is 2.31. The molecule has 3 aromatic rings. The lowest BCUT2D eigenvalue weighted by Crippen LogP contribution is -2.41. The zero-order chi connectivity index (χ0) is 21.6.